The van der Waals surface area contributed by atoms with Crippen molar-refractivity contribution in [2.24, 2.45) is 0 Å². The van der Waals surface area contributed by atoms with Crippen LogP contribution in [0.2, 0.25) is 0 Å². The molecule has 0 spiro atoms. The quantitative estimate of drug-likeness (QED) is 0.416. The largest absolute Gasteiger partial charge is 0.465 e. The molecule has 5 heteroatoms. The molecule has 2 N–H and O–H groups in total. The van der Waals surface area contributed by atoms with Crippen molar-refractivity contribution in [2.45, 2.75) is 20.3 Å². The minimum atomic E-state index is -0.403. The number of H-pyrrole nitrogens is 1. The number of benzene rings is 3. The van der Waals surface area contributed by atoms with Gasteiger partial charge >= 0.3 is 5.97 Å². The van der Waals surface area contributed by atoms with Gasteiger partial charge in [-0.05, 0) is 60.7 Å². The molecule has 1 amide bonds. The molecule has 1 heterocycles. The lowest BCUT2D eigenvalue weighted by molar-refractivity contribution is 0.0601. The number of hydrogen-bond donors (Lipinski definition) is 2. The van der Waals surface area contributed by atoms with Gasteiger partial charge in [-0.3, -0.25) is 4.79 Å². The fraction of sp³-hybridized carbons (Fsp3) is 0.185. The number of aromatic nitrogens is 1. The van der Waals surface area contributed by atoms with Crippen LogP contribution in [0.25, 0.3) is 22.0 Å². The summed E-state index contributed by atoms with van der Waals surface area (Å²) in [7, 11) is 1.36. The van der Waals surface area contributed by atoms with Crippen molar-refractivity contribution in [2.75, 3.05) is 13.7 Å². The molecule has 0 aliphatic heterocycles. The van der Waals surface area contributed by atoms with E-state index in [1.807, 2.05) is 24.3 Å². The van der Waals surface area contributed by atoms with E-state index < -0.39 is 5.97 Å². The van der Waals surface area contributed by atoms with Crippen molar-refractivity contribution in [3.05, 3.63) is 94.7 Å². The van der Waals surface area contributed by atoms with Crippen molar-refractivity contribution in [1.29, 1.82) is 0 Å². The molecule has 4 rings (SSSR count). The number of rotatable bonds is 6. The predicted octanol–water partition coefficient (Wildman–Crippen LogP) is 5.21. The molecule has 5 nitrogen and oxygen atoms in total. The number of methoxy groups -OCH3 is 1. The molecule has 0 saturated carbocycles. The Morgan fingerprint density at radius 1 is 0.969 bits per heavy atom. The maximum Gasteiger partial charge on any atom is 0.338 e. The van der Waals surface area contributed by atoms with E-state index in [1.54, 1.807) is 24.3 Å². The van der Waals surface area contributed by atoms with E-state index in [4.69, 9.17) is 4.74 Å². The second kappa shape index (κ2) is 9.10. The Labute approximate surface area is 187 Å². The van der Waals surface area contributed by atoms with E-state index in [0.29, 0.717) is 17.7 Å². The fourth-order valence-corrected chi connectivity index (χ4v) is 4.13. The Kier molecular flexibility index (Phi) is 6.08. The third kappa shape index (κ3) is 4.14. The molecule has 0 radical (unpaired) electrons. The third-order valence-corrected chi connectivity index (χ3v) is 5.79. The van der Waals surface area contributed by atoms with E-state index in [-0.39, 0.29) is 5.91 Å². The molecule has 0 aliphatic carbocycles. The van der Waals surface area contributed by atoms with Gasteiger partial charge in [-0.2, -0.15) is 0 Å². The smallest absolute Gasteiger partial charge is 0.338 e. The second-order valence-electron chi connectivity index (χ2n) is 7.85. The lowest BCUT2D eigenvalue weighted by Gasteiger charge is -2.10. The zero-order valence-corrected chi connectivity index (χ0v) is 18.5. The molecule has 3 aromatic carbocycles. The van der Waals surface area contributed by atoms with Gasteiger partial charge in [-0.1, -0.05) is 48.5 Å². The molecular weight excluding hydrogens is 400 g/mol. The number of ether oxygens (including phenoxy) is 1. The van der Waals surface area contributed by atoms with Crippen LogP contribution >= 0.6 is 0 Å². The molecule has 4 aromatic rings. The van der Waals surface area contributed by atoms with Crippen LogP contribution in [0.15, 0.2) is 66.7 Å². The Balaban J connectivity index is 1.50. The van der Waals surface area contributed by atoms with Crippen LogP contribution in [0.1, 0.15) is 37.5 Å². The summed E-state index contributed by atoms with van der Waals surface area (Å²) in [6.45, 7) is 4.69. The summed E-state index contributed by atoms with van der Waals surface area (Å²) in [6, 6.07) is 20.8. The summed E-state index contributed by atoms with van der Waals surface area (Å²) in [6.07, 6.45) is 0.742. The Morgan fingerprint density at radius 3 is 2.56 bits per heavy atom. The number of aromatic amines is 1. The van der Waals surface area contributed by atoms with E-state index >= 15 is 0 Å². The summed E-state index contributed by atoms with van der Waals surface area (Å²) >= 11 is 0. The zero-order valence-electron chi connectivity index (χ0n) is 18.5. The van der Waals surface area contributed by atoms with Crippen LogP contribution in [0.3, 0.4) is 0 Å². The molecule has 32 heavy (non-hydrogen) atoms. The molecule has 0 fully saturated rings. The lowest BCUT2D eigenvalue weighted by Crippen LogP contribution is -2.25. The molecule has 0 saturated heterocycles. The highest BCUT2D eigenvalue weighted by atomic mass is 16.5. The first-order valence-corrected chi connectivity index (χ1v) is 10.6. The highest BCUT2D eigenvalue weighted by molar-refractivity contribution is 5.99. The van der Waals surface area contributed by atoms with Gasteiger partial charge < -0.3 is 15.0 Å². The topological polar surface area (TPSA) is 71.2 Å². The monoisotopic (exact) mass is 426 g/mol. The standard InChI is InChI=1S/C27H26N2O3/c1-17-8-6-13-23-21(18(2)29-25(17)23)14-15-28-26(30)20-10-7-9-19(16-20)22-11-4-5-12-24(22)27(31)32-3/h4-13,16,29H,14-15H2,1-3H3,(H,28,30). The number of hydrogen-bond acceptors (Lipinski definition) is 3. The summed E-state index contributed by atoms with van der Waals surface area (Å²) in [5.74, 6) is -0.545. The Morgan fingerprint density at radius 2 is 1.75 bits per heavy atom. The summed E-state index contributed by atoms with van der Waals surface area (Å²) in [4.78, 5) is 28.4. The van der Waals surface area contributed by atoms with Crippen LogP contribution < -0.4 is 5.32 Å². The first-order valence-electron chi connectivity index (χ1n) is 10.6. The number of fused-ring (bicyclic) bond motifs is 1. The summed E-state index contributed by atoms with van der Waals surface area (Å²) < 4.78 is 4.89. The molecule has 1 aromatic heterocycles. The van der Waals surface area contributed by atoms with Gasteiger partial charge in [0.1, 0.15) is 0 Å². The molecule has 0 bridgehead atoms. The van der Waals surface area contributed by atoms with Crippen LogP contribution in [0.5, 0.6) is 0 Å². The average Bonchev–Trinajstić information content (AvgIpc) is 3.15. The minimum Gasteiger partial charge on any atom is -0.465 e. The number of esters is 1. The Bertz CT molecular complexity index is 1300. The SMILES string of the molecule is COC(=O)c1ccccc1-c1cccc(C(=O)NCCc2c(C)[nH]c3c(C)cccc23)c1. The van der Waals surface area contributed by atoms with Crippen molar-refractivity contribution >= 4 is 22.8 Å². The Hall–Kier alpha value is -3.86. The van der Waals surface area contributed by atoms with E-state index in [2.05, 4.69) is 42.3 Å². The predicted molar refractivity (Wildman–Crippen MR) is 127 cm³/mol. The normalized spacial score (nSPS) is 10.8. The van der Waals surface area contributed by atoms with Crippen molar-refractivity contribution in [3.63, 3.8) is 0 Å². The zero-order chi connectivity index (χ0) is 22.7. The number of carbonyl (C=O) groups excluding carboxylic acids is 2. The van der Waals surface area contributed by atoms with E-state index in [1.165, 1.54) is 23.6 Å². The van der Waals surface area contributed by atoms with E-state index in [9.17, 15) is 9.59 Å². The van der Waals surface area contributed by atoms with Gasteiger partial charge in [0.15, 0.2) is 0 Å². The maximum absolute atomic E-state index is 12.8. The average molecular weight is 427 g/mol. The number of carbonyl (C=O) groups is 2. The molecule has 0 unspecified atom stereocenters. The van der Waals surface area contributed by atoms with Gasteiger partial charge in [0.25, 0.3) is 5.91 Å². The van der Waals surface area contributed by atoms with Gasteiger partial charge in [-0.15, -0.1) is 0 Å². The van der Waals surface area contributed by atoms with Crippen molar-refractivity contribution < 1.29 is 14.3 Å². The van der Waals surface area contributed by atoms with Crippen LogP contribution in [-0.4, -0.2) is 30.5 Å². The number of amides is 1. The van der Waals surface area contributed by atoms with Gasteiger partial charge in [-0.25, -0.2) is 4.79 Å². The van der Waals surface area contributed by atoms with Gasteiger partial charge in [0, 0.05) is 28.7 Å². The first kappa shape index (κ1) is 21.4. The number of para-hydroxylation sites is 1. The lowest BCUT2D eigenvalue weighted by atomic mass is 9.98. The van der Waals surface area contributed by atoms with Gasteiger partial charge in [0.2, 0.25) is 0 Å². The van der Waals surface area contributed by atoms with Crippen molar-refractivity contribution in [3.8, 4) is 11.1 Å². The number of aryl methyl sites for hydroxylation is 2. The second-order valence-corrected chi connectivity index (χ2v) is 7.85. The molecule has 0 atom stereocenters. The van der Waals surface area contributed by atoms with Gasteiger partial charge in [0.05, 0.1) is 12.7 Å². The highest BCUT2D eigenvalue weighted by Gasteiger charge is 2.15. The first-order chi connectivity index (χ1) is 15.5. The molecular formula is C27H26N2O3. The van der Waals surface area contributed by atoms with Crippen molar-refractivity contribution in [1.82, 2.24) is 10.3 Å². The minimum absolute atomic E-state index is 0.143. The van der Waals surface area contributed by atoms with E-state index in [0.717, 1.165) is 28.8 Å². The molecule has 0 aliphatic rings. The third-order valence-electron chi connectivity index (χ3n) is 5.79. The summed E-state index contributed by atoms with van der Waals surface area (Å²) in [5, 5.41) is 4.23. The number of nitrogens with one attached hydrogen (secondary N) is 2. The van der Waals surface area contributed by atoms with Crippen LogP contribution in [0.4, 0.5) is 0 Å². The highest BCUT2D eigenvalue weighted by Crippen LogP contribution is 2.26. The summed E-state index contributed by atoms with van der Waals surface area (Å²) in [5.41, 5.74) is 7.27. The van der Waals surface area contributed by atoms with Crippen LogP contribution in [-0.2, 0) is 11.2 Å². The molecule has 162 valence electrons. The fourth-order valence-electron chi connectivity index (χ4n) is 4.13. The van der Waals surface area contributed by atoms with Crippen LogP contribution in [0, 0.1) is 13.8 Å². The maximum atomic E-state index is 12.8.